The summed E-state index contributed by atoms with van der Waals surface area (Å²) in [7, 11) is 0. The van der Waals surface area contributed by atoms with E-state index in [1.165, 1.54) is 0 Å². The van der Waals surface area contributed by atoms with Gasteiger partial charge in [-0.15, -0.1) is 0 Å². The highest BCUT2D eigenvalue weighted by atomic mass is 16.5. The maximum Gasteiger partial charge on any atom is 0.316 e. The largest absolute Gasteiger partial charge is 0.481 e. The number of aliphatic carboxylic acids is 1. The number of carbonyl (C=O) groups is 1. The maximum absolute atomic E-state index is 11.3. The Kier molecular flexibility index (Phi) is 9.76. The van der Waals surface area contributed by atoms with Crippen molar-refractivity contribution in [2.75, 3.05) is 24.2 Å². The minimum absolute atomic E-state index is 0.0742. The van der Waals surface area contributed by atoms with Crippen LogP contribution in [0.25, 0.3) is 0 Å². The van der Waals surface area contributed by atoms with Crippen LogP contribution in [0.2, 0.25) is 0 Å². The molecule has 0 bridgehead atoms. The van der Waals surface area contributed by atoms with Crippen molar-refractivity contribution in [1.82, 2.24) is 19.9 Å². The molecule has 30 heavy (non-hydrogen) atoms. The number of nitrogens with zero attached hydrogens (tertiary/aromatic N) is 4. The Bertz CT molecular complexity index is 785. The van der Waals surface area contributed by atoms with E-state index < -0.39 is 5.97 Å². The number of nitrogens with two attached hydrogens (primary N) is 1. The van der Waals surface area contributed by atoms with Crippen molar-refractivity contribution >= 4 is 17.7 Å². The van der Waals surface area contributed by atoms with E-state index in [4.69, 9.17) is 10.5 Å². The van der Waals surface area contributed by atoms with Gasteiger partial charge in [0.25, 0.3) is 0 Å². The topological polar surface area (TPSA) is 136 Å². The van der Waals surface area contributed by atoms with Gasteiger partial charge >= 0.3 is 12.0 Å². The van der Waals surface area contributed by atoms with Crippen LogP contribution in [0.15, 0.2) is 18.5 Å². The third-order valence-electron chi connectivity index (χ3n) is 4.68. The van der Waals surface area contributed by atoms with Crippen molar-refractivity contribution in [3.05, 3.63) is 29.7 Å². The summed E-state index contributed by atoms with van der Waals surface area (Å²) in [4.78, 5) is 28.2. The quantitative estimate of drug-likeness (QED) is 0.396. The van der Waals surface area contributed by atoms with Crippen molar-refractivity contribution in [2.24, 2.45) is 0 Å². The number of anilines is 2. The number of hydrogen-bond donors (Lipinski definition) is 3. The lowest BCUT2D eigenvalue weighted by molar-refractivity contribution is -0.137. The highest BCUT2D eigenvalue weighted by molar-refractivity contribution is 5.68. The van der Waals surface area contributed by atoms with Gasteiger partial charge in [-0.3, -0.25) is 4.79 Å². The smallest absolute Gasteiger partial charge is 0.316 e. The van der Waals surface area contributed by atoms with E-state index in [-0.39, 0.29) is 12.3 Å². The molecule has 0 unspecified atom stereocenters. The molecule has 1 atom stereocenters. The summed E-state index contributed by atoms with van der Waals surface area (Å²) in [5, 5.41) is 12.3. The van der Waals surface area contributed by atoms with E-state index in [0.29, 0.717) is 24.4 Å². The fourth-order valence-corrected chi connectivity index (χ4v) is 3.27. The third-order valence-corrected chi connectivity index (χ3v) is 4.68. The Labute approximate surface area is 177 Å². The van der Waals surface area contributed by atoms with Gasteiger partial charge in [0.05, 0.1) is 13.0 Å². The Morgan fingerprint density at radius 1 is 1.17 bits per heavy atom. The first-order valence-corrected chi connectivity index (χ1v) is 10.6. The lowest BCUT2D eigenvalue weighted by Crippen LogP contribution is -2.08. The molecule has 0 aliphatic rings. The first kappa shape index (κ1) is 23.3. The SMILES string of the molecule is CCNc1nc(N)cc(CCCCCC[C@H](CC(=O)O)c2cnc(OCC)nc2)n1. The fraction of sp³-hybridized carbons (Fsp3) is 0.571. The second kappa shape index (κ2) is 12.6. The van der Waals surface area contributed by atoms with Crippen molar-refractivity contribution in [3.63, 3.8) is 0 Å². The predicted octanol–water partition coefficient (Wildman–Crippen LogP) is 3.43. The van der Waals surface area contributed by atoms with E-state index in [9.17, 15) is 9.90 Å². The van der Waals surface area contributed by atoms with E-state index in [0.717, 1.165) is 56.3 Å². The molecular weight excluding hydrogens is 384 g/mol. The average Bonchev–Trinajstić information content (AvgIpc) is 2.70. The number of nitrogen functional groups attached to an aromatic ring is 1. The van der Waals surface area contributed by atoms with E-state index in [1.807, 2.05) is 19.9 Å². The molecule has 2 aromatic heterocycles. The molecule has 4 N–H and O–H groups in total. The molecule has 0 aromatic carbocycles. The standard InChI is InChI=1S/C21H32N6O3/c1-3-23-20-26-17(12-18(22)27-20)10-8-6-5-7-9-15(11-19(28)29)16-13-24-21(25-14-16)30-4-2/h12-15H,3-11H2,1-2H3,(H,28,29)(H3,22,23,26,27)/t15-/m1/s1. The summed E-state index contributed by atoms with van der Waals surface area (Å²) in [5.41, 5.74) is 7.62. The number of hydrogen-bond acceptors (Lipinski definition) is 8. The molecule has 2 aromatic rings. The van der Waals surface area contributed by atoms with Gasteiger partial charge in [0.15, 0.2) is 0 Å². The molecule has 0 aliphatic heterocycles. The van der Waals surface area contributed by atoms with Crippen LogP contribution in [-0.4, -0.2) is 44.2 Å². The molecule has 0 amide bonds. The molecule has 0 radical (unpaired) electrons. The zero-order chi connectivity index (χ0) is 21.8. The van der Waals surface area contributed by atoms with Crippen LogP contribution in [0.3, 0.4) is 0 Å². The van der Waals surface area contributed by atoms with Gasteiger partial charge in [0, 0.05) is 30.7 Å². The summed E-state index contributed by atoms with van der Waals surface area (Å²) in [6.45, 7) is 5.10. The predicted molar refractivity (Wildman–Crippen MR) is 116 cm³/mol. The molecular formula is C21H32N6O3. The molecule has 0 spiro atoms. The van der Waals surface area contributed by atoms with Crippen LogP contribution in [0.5, 0.6) is 6.01 Å². The number of unbranched alkanes of at least 4 members (excludes halogenated alkanes) is 3. The molecule has 0 fully saturated rings. The Morgan fingerprint density at radius 3 is 2.57 bits per heavy atom. The van der Waals surface area contributed by atoms with Gasteiger partial charge in [-0.1, -0.05) is 19.3 Å². The molecule has 2 rings (SSSR count). The number of nitrogens with one attached hydrogen (secondary N) is 1. The number of carboxylic acid groups (broad SMARTS) is 1. The van der Waals surface area contributed by atoms with Crippen molar-refractivity contribution < 1.29 is 14.6 Å². The molecule has 0 aliphatic carbocycles. The van der Waals surface area contributed by atoms with Gasteiger partial charge in [-0.2, -0.15) is 4.98 Å². The van der Waals surface area contributed by atoms with Crippen LogP contribution in [0.4, 0.5) is 11.8 Å². The highest BCUT2D eigenvalue weighted by Gasteiger charge is 2.16. The molecule has 164 valence electrons. The second-order valence-corrected chi connectivity index (χ2v) is 7.12. The summed E-state index contributed by atoms with van der Waals surface area (Å²) in [6, 6.07) is 2.13. The molecule has 0 saturated heterocycles. The van der Waals surface area contributed by atoms with Crippen LogP contribution >= 0.6 is 0 Å². The van der Waals surface area contributed by atoms with Gasteiger partial charge in [-0.25, -0.2) is 15.0 Å². The van der Waals surface area contributed by atoms with Crippen molar-refractivity contribution in [2.45, 2.75) is 64.7 Å². The first-order chi connectivity index (χ1) is 14.5. The lowest BCUT2D eigenvalue weighted by atomic mass is 9.92. The number of aromatic nitrogens is 4. The second-order valence-electron chi connectivity index (χ2n) is 7.12. The summed E-state index contributed by atoms with van der Waals surface area (Å²) < 4.78 is 5.25. The zero-order valence-electron chi connectivity index (χ0n) is 17.8. The maximum atomic E-state index is 11.3. The number of aryl methyl sites for hydroxylation is 1. The minimum atomic E-state index is -0.813. The van der Waals surface area contributed by atoms with Gasteiger partial charge in [0.1, 0.15) is 5.82 Å². The van der Waals surface area contributed by atoms with Crippen LogP contribution in [-0.2, 0) is 11.2 Å². The number of carboxylic acids is 1. The Hall–Kier alpha value is -2.97. The van der Waals surface area contributed by atoms with Crippen LogP contribution in [0, 0.1) is 0 Å². The molecule has 9 nitrogen and oxygen atoms in total. The normalized spacial score (nSPS) is 11.8. The van der Waals surface area contributed by atoms with E-state index >= 15 is 0 Å². The van der Waals surface area contributed by atoms with Crippen molar-refractivity contribution in [1.29, 1.82) is 0 Å². The van der Waals surface area contributed by atoms with E-state index in [2.05, 4.69) is 25.3 Å². The summed E-state index contributed by atoms with van der Waals surface area (Å²) in [6.07, 6.45) is 9.06. The molecule has 0 saturated carbocycles. The summed E-state index contributed by atoms with van der Waals surface area (Å²) >= 11 is 0. The van der Waals surface area contributed by atoms with Crippen molar-refractivity contribution in [3.8, 4) is 6.01 Å². The van der Waals surface area contributed by atoms with E-state index in [1.54, 1.807) is 12.4 Å². The Morgan fingerprint density at radius 2 is 1.90 bits per heavy atom. The molecule has 2 heterocycles. The van der Waals surface area contributed by atoms with Gasteiger partial charge < -0.3 is 20.9 Å². The highest BCUT2D eigenvalue weighted by Crippen LogP contribution is 2.26. The Balaban J connectivity index is 1.78. The van der Waals surface area contributed by atoms with Crippen LogP contribution in [0.1, 0.15) is 69.5 Å². The van der Waals surface area contributed by atoms with Crippen LogP contribution < -0.4 is 15.8 Å². The lowest BCUT2D eigenvalue weighted by Gasteiger charge is -2.15. The number of ether oxygens (including phenoxy) is 1. The number of rotatable bonds is 14. The average molecular weight is 417 g/mol. The fourth-order valence-electron chi connectivity index (χ4n) is 3.27. The third kappa shape index (κ3) is 8.18. The monoisotopic (exact) mass is 416 g/mol. The summed E-state index contributed by atoms with van der Waals surface area (Å²) in [5.74, 6) is 0.140. The minimum Gasteiger partial charge on any atom is -0.481 e. The van der Waals surface area contributed by atoms with Gasteiger partial charge in [-0.05, 0) is 44.6 Å². The molecule has 9 heteroatoms. The zero-order valence-corrected chi connectivity index (χ0v) is 17.8. The first-order valence-electron chi connectivity index (χ1n) is 10.6. The van der Waals surface area contributed by atoms with Gasteiger partial charge in [0.2, 0.25) is 5.95 Å².